The standard InChI is InChI=1S/C26H24P2.C5H5.C3F7.Co.F6P/c1-5-13-23(14-6-1)27(24-15-7-2-8-16-24)21-22-28(25-17-9-3-10-18-25)26-19-11-4-12-20-26;1-2-4-5-3-1;4-1(2(5,6)7)3(8,9)10;;1-7(2,3,4,5)6/h1-20H,21-22H2;1-5H;;;/q;;-1;+2;-1. The zero-order valence-corrected chi connectivity index (χ0v) is 29.7. The molecule has 51 heavy (non-hydrogen) atoms. The first-order valence-electron chi connectivity index (χ1n) is 14.2. The molecular weight excluding hydrogens is 807 g/mol. The summed E-state index contributed by atoms with van der Waals surface area (Å²) in [5, 5.41) is 5.89. The van der Waals surface area contributed by atoms with Crippen molar-refractivity contribution in [3.05, 3.63) is 160 Å². The molecule has 0 saturated heterocycles. The van der Waals surface area contributed by atoms with Crippen molar-refractivity contribution in [2.24, 2.45) is 0 Å². The molecule has 4 aromatic carbocycles. The summed E-state index contributed by atoms with van der Waals surface area (Å²) in [4.78, 5) is 0. The molecule has 1 fully saturated rings. The fourth-order valence-corrected chi connectivity index (χ4v) is 9.28. The maximum atomic E-state index is 11.1. The van der Waals surface area contributed by atoms with Crippen molar-refractivity contribution in [1.29, 1.82) is 0 Å². The van der Waals surface area contributed by atoms with Crippen LogP contribution in [0.4, 0.5) is 55.9 Å². The molecule has 0 bridgehead atoms. The second-order valence-electron chi connectivity index (χ2n) is 9.88. The summed E-state index contributed by atoms with van der Waals surface area (Å²) < 4.78 is 135. The molecule has 0 N–H and O–H groups in total. The van der Waals surface area contributed by atoms with Gasteiger partial charge >= 0.3 is 62.1 Å². The Morgan fingerprint density at radius 1 is 0.412 bits per heavy atom. The van der Waals surface area contributed by atoms with Crippen LogP contribution in [-0.2, 0) is 16.8 Å². The van der Waals surface area contributed by atoms with Crippen LogP contribution in [0.3, 0.4) is 0 Å². The molecule has 17 heteroatoms. The Morgan fingerprint density at radius 3 is 0.725 bits per heavy atom. The minimum absolute atomic E-state index is 0. The SMILES string of the molecule is F[C-](C(F)(F)F)C(F)(F)F.F[P-](F)(F)(F)(F)F.[CH]1[CH][CH][CH][CH]1.[Co+2].c1ccc(P(CCP(c2ccccc2)c2ccccc2)c2ccccc2)cc1. The summed E-state index contributed by atoms with van der Waals surface area (Å²) in [5.41, 5.74) is 0. The Kier molecular flexibility index (Phi) is 18.1. The van der Waals surface area contributed by atoms with Gasteiger partial charge in [-0.05, 0) is 81.5 Å². The van der Waals surface area contributed by atoms with E-state index in [4.69, 9.17) is 0 Å². The number of benzene rings is 4. The van der Waals surface area contributed by atoms with Crippen LogP contribution in [0, 0.1) is 38.3 Å². The molecule has 1 aliphatic rings. The van der Waals surface area contributed by atoms with E-state index in [0.717, 1.165) is 0 Å². The third-order valence-electron chi connectivity index (χ3n) is 5.87. The molecule has 0 heterocycles. The van der Waals surface area contributed by atoms with Crippen LogP contribution >= 0.6 is 23.7 Å². The van der Waals surface area contributed by atoms with Gasteiger partial charge in [0.05, 0.1) is 0 Å². The maximum Gasteiger partial charge on any atom is 2.00 e. The number of rotatable bonds is 7. The first kappa shape index (κ1) is 46.8. The summed E-state index contributed by atoms with van der Waals surface area (Å²) >= 11 is 0. The van der Waals surface area contributed by atoms with E-state index < -0.39 is 26.3 Å². The molecule has 0 spiro atoms. The van der Waals surface area contributed by atoms with Gasteiger partial charge in [0.1, 0.15) is 0 Å². The van der Waals surface area contributed by atoms with E-state index in [1.807, 2.05) is 32.1 Å². The van der Waals surface area contributed by atoms with Gasteiger partial charge < -0.3 is 4.39 Å². The van der Waals surface area contributed by atoms with E-state index in [0.29, 0.717) is 0 Å². The summed E-state index contributed by atoms with van der Waals surface area (Å²) in [6.07, 6.45) is -3.38. The molecule has 0 aliphatic heterocycles. The van der Waals surface area contributed by atoms with Gasteiger partial charge in [-0.3, -0.25) is 0 Å². The van der Waals surface area contributed by atoms with Gasteiger partial charge in [-0.2, -0.15) is 0 Å². The average Bonchev–Trinajstić information content (AvgIpc) is 3.63. The molecule has 0 unspecified atom stereocenters. The van der Waals surface area contributed by atoms with Crippen LogP contribution in [0.25, 0.3) is 0 Å². The molecule has 0 nitrogen and oxygen atoms in total. The van der Waals surface area contributed by atoms with Crippen molar-refractivity contribution in [2.75, 3.05) is 12.3 Å². The molecule has 1 saturated carbocycles. The Hall–Kier alpha value is -2.23. The van der Waals surface area contributed by atoms with Gasteiger partial charge in [-0.1, -0.05) is 121 Å². The third kappa shape index (κ3) is 21.8. The van der Waals surface area contributed by atoms with E-state index in [2.05, 4.69) is 121 Å². The van der Waals surface area contributed by atoms with E-state index in [-0.39, 0.29) is 32.6 Å². The van der Waals surface area contributed by atoms with Gasteiger partial charge in [0.15, 0.2) is 0 Å². The van der Waals surface area contributed by atoms with Gasteiger partial charge in [-0.15, -0.1) is 0 Å². The molecule has 5 rings (SSSR count). The molecular formula is C34H29CoF13P3. The zero-order valence-electron chi connectivity index (χ0n) is 25.9. The van der Waals surface area contributed by atoms with Crippen LogP contribution in [0.15, 0.2) is 121 Å². The topological polar surface area (TPSA) is 0 Å². The quantitative estimate of drug-likeness (QED) is 0.0988. The van der Waals surface area contributed by atoms with E-state index >= 15 is 0 Å². The molecule has 0 aromatic heterocycles. The minimum Gasteiger partial charge on any atom is -0.0622 e. The van der Waals surface area contributed by atoms with Crippen molar-refractivity contribution in [3.8, 4) is 0 Å². The monoisotopic (exact) mass is 836 g/mol. The van der Waals surface area contributed by atoms with Crippen LogP contribution in [0.2, 0.25) is 0 Å². The molecule has 6 radical (unpaired) electrons. The number of alkyl halides is 6. The summed E-state index contributed by atoms with van der Waals surface area (Å²) in [6, 6.07) is 44.2. The van der Waals surface area contributed by atoms with Crippen molar-refractivity contribution in [3.63, 3.8) is 0 Å². The fraction of sp³-hybridized carbons (Fsp3) is 0.118. The van der Waals surface area contributed by atoms with E-state index in [9.17, 15) is 55.9 Å². The molecule has 1 aliphatic carbocycles. The molecule has 0 atom stereocenters. The minimum atomic E-state index is -10.7. The second kappa shape index (κ2) is 19.7. The van der Waals surface area contributed by atoms with Crippen molar-refractivity contribution in [2.45, 2.75) is 12.4 Å². The predicted molar refractivity (Wildman–Crippen MR) is 179 cm³/mol. The Morgan fingerprint density at radius 2 is 0.588 bits per heavy atom. The Bertz CT molecular complexity index is 1310. The van der Waals surface area contributed by atoms with Crippen molar-refractivity contribution in [1.82, 2.24) is 0 Å². The Balaban J connectivity index is 0.000000462. The third-order valence-corrected chi connectivity index (χ3v) is 11.3. The summed E-state index contributed by atoms with van der Waals surface area (Å²) in [7, 11) is -11.4. The average molecular weight is 836 g/mol. The van der Waals surface area contributed by atoms with Crippen molar-refractivity contribution < 1.29 is 72.7 Å². The molecule has 0 amide bonds. The van der Waals surface area contributed by atoms with Gasteiger partial charge in [0.2, 0.25) is 0 Å². The van der Waals surface area contributed by atoms with Gasteiger partial charge in [-0.25, -0.2) is 26.3 Å². The van der Waals surface area contributed by atoms with E-state index in [1.165, 1.54) is 33.5 Å². The van der Waals surface area contributed by atoms with E-state index in [1.54, 1.807) is 0 Å². The van der Waals surface area contributed by atoms with Crippen LogP contribution < -0.4 is 21.2 Å². The summed E-state index contributed by atoms with van der Waals surface area (Å²) in [5.74, 6) is 0. The number of hydrogen-bond donors (Lipinski definition) is 0. The van der Waals surface area contributed by atoms with Crippen LogP contribution in [-0.4, -0.2) is 24.7 Å². The predicted octanol–water partition coefficient (Wildman–Crippen LogP) is 12.3. The molecule has 280 valence electrons. The number of halogens is 13. The largest absolute Gasteiger partial charge is 2.00 e. The Labute approximate surface area is 301 Å². The smallest absolute Gasteiger partial charge is 0.0622 e. The van der Waals surface area contributed by atoms with Crippen LogP contribution in [0.1, 0.15) is 0 Å². The first-order chi connectivity index (χ1) is 23.0. The number of hydrogen-bond acceptors (Lipinski definition) is 0. The second-order valence-corrected chi connectivity index (χ2v) is 16.5. The zero-order chi connectivity index (χ0) is 37.5. The normalized spacial score (nSPS) is 14.4. The first-order valence-corrected chi connectivity index (χ1v) is 19.3. The maximum absolute atomic E-state index is 11.1. The van der Waals surface area contributed by atoms with Gasteiger partial charge in [0.25, 0.3) is 0 Å². The summed E-state index contributed by atoms with van der Waals surface area (Å²) in [6.45, 7) is 0. The fourth-order valence-electron chi connectivity index (χ4n) is 3.93. The molecule has 4 aromatic rings. The van der Waals surface area contributed by atoms with Crippen molar-refractivity contribution >= 4 is 44.9 Å². The van der Waals surface area contributed by atoms with Gasteiger partial charge in [0, 0.05) is 6.17 Å². The van der Waals surface area contributed by atoms with Crippen LogP contribution in [0.5, 0.6) is 0 Å².